The summed E-state index contributed by atoms with van der Waals surface area (Å²) in [5.41, 5.74) is 2.33. The highest BCUT2D eigenvalue weighted by Gasteiger charge is 2.36. The minimum Gasteiger partial charge on any atom is -0.386 e. The number of hydrogen-bond donors (Lipinski definition) is 1. The van der Waals surface area contributed by atoms with E-state index in [9.17, 15) is 9.90 Å². The molecule has 1 atom stereocenters. The summed E-state index contributed by atoms with van der Waals surface area (Å²) >= 11 is 0. The molecule has 4 rings (SSSR count). The molecule has 8 nitrogen and oxygen atoms in total. The van der Waals surface area contributed by atoms with Crippen LogP contribution in [0, 0.1) is 13.8 Å². The molecule has 3 aromatic rings. The third-order valence-electron chi connectivity index (χ3n) is 6.05. The Kier molecular flexibility index (Phi) is 5.66. The fourth-order valence-corrected chi connectivity index (χ4v) is 4.57. The maximum absolute atomic E-state index is 13.1. The van der Waals surface area contributed by atoms with Crippen LogP contribution >= 0.6 is 0 Å². The number of aromatic nitrogens is 4. The van der Waals surface area contributed by atoms with Crippen LogP contribution in [0.1, 0.15) is 41.6 Å². The van der Waals surface area contributed by atoms with E-state index in [1.54, 1.807) is 18.3 Å². The van der Waals surface area contributed by atoms with Gasteiger partial charge in [-0.3, -0.25) is 4.79 Å². The number of benzene rings is 1. The molecule has 0 radical (unpaired) electrons. The first-order valence-electron chi connectivity index (χ1n) is 10.8. The van der Waals surface area contributed by atoms with Crippen LogP contribution in [0.3, 0.4) is 0 Å². The van der Waals surface area contributed by atoms with Crippen molar-refractivity contribution in [2.24, 2.45) is 0 Å². The minimum absolute atomic E-state index is 0.117. The molecule has 8 heteroatoms. The zero-order valence-electron chi connectivity index (χ0n) is 18.7. The molecule has 0 spiro atoms. The van der Waals surface area contributed by atoms with Crippen LogP contribution in [-0.2, 0) is 6.54 Å². The van der Waals surface area contributed by atoms with Crippen LogP contribution < -0.4 is 4.90 Å². The molecule has 164 valence electrons. The number of carbonyl (C=O) groups is 1. The Morgan fingerprint density at radius 1 is 1.26 bits per heavy atom. The molecule has 1 aromatic carbocycles. The summed E-state index contributed by atoms with van der Waals surface area (Å²) in [5, 5.41) is 11.3. The second kappa shape index (κ2) is 8.26. The fraction of sp³-hybridized carbons (Fsp3) is 0.478. The van der Waals surface area contributed by atoms with E-state index in [-0.39, 0.29) is 12.5 Å². The van der Waals surface area contributed by atoms with Crippen LogP contribution in [0.15, 0.2) is 30.6 Å². The maximum Gasteiger partial charge on any atom is 0.253 e. The van der Waals surface area contributed by atoms with Crippen molar-refractivity contribution in [2.45, 2.75) is 45.8 Å². The Morgan fingerprint density at radius 3 is 2.81 bits per heavy atom. The lowest BCUT2D eigenvalue weighted by Crippen LogP contribution is -2.54. The number of aliphatic hydroxyl groups is 1. The van der Waals surface area contributed by atoms with Crippen molar-refractivity contribution in [3.05, 3.63) is 47.7 Å². The normalized spacial score (nSPS) is 19.1. The van der Waals surface area contributed by atoms with E-state index in [4.69, 9.17) is 0 Å². The number of carbonyl (C=O) groups excluding carboxylic acids is 1. The topological polar surface area (TPSA) is 87.4 Å². The predicted octanol–water partition coefficient (Wildman–Crippen LogP) is 2.57. The quantitative estimate of drug-likeness (QED) is 0.680. The second-order valence-electron chi connectivity index (χ2n) is 8.54. The Bertz CT molecular complexity index is 1110. The van der Waals surface area contributed by atoms with E-state index in [2.05, 4.69) is 31.3 Å². The molecule has 1 aliphatic rings. The average molecular weight is 423 g/mol. The average Bonchev–Trinajstić information content (AvgIpc) is 3.06. The number of piperidine rings is 1. The highest BCUT2D eigenvalue weighted by Crippen LogP contribution is 2.26. The molecular weight excluding hydrogens is 392 g/mol. The van der Waals surface area contributed by atoms with Crippen LogP contribution in [-0.4, -0.2) is 67.7 Å². The van der Waals surface area contributed by atoms with Crippen molar-refractivity contribution in [3.8, 4) is 0 Å². The summed E-state index contributed by atoms with van der Waals surface area (Å²) in [4.78, 5) is 29.9. The summed E-state index contributed by atoms with van der Waals surface area (Å²) in [5.74, 6) is 1.63. The Hall–Kier alpha value is -3.00. The molecule has 0 bridgehead atoms. The van der Waals surface area contributed by atoms with E-state index < -0.39 is 5.60 Å². The van der Waals surface area contributed by atoms with Crippen molar-refractivity contribution in [3.63, 3.8) is 0 Å². The Labute approximate surface area is 182 Å². The van der Waals surface area contributed by atoms with Crippen molar-refractivity contribution in [1.29, 1.82) is 0 Å². The van der Waals surface area contributed by atoms with E-state index in [1.165, 1.54) is 0 Å². The highest BCUT2D eigenvalue weighted by molar-refractivity contribution is 5.97. The summed E-state index contributed by atoms with van der Waals surface area (Å²) in [6.45, 7) is 8.33. The lowest BCUT2D eigenvalue weighted by molar-refractivity contribution is -0.000136. The summed E-state index contributed by atoms with van der Waals surface area (Å²) < 4.78 is 2.13. The highest BCUT2D eigenvalue weighted by atomic mass is 16.3. The van der Waals surface area contributed by atoms with Gasteiger partial charge in [0.15, 0.2) is 0 Å². The van der Waals surface area contributed by atoms with Gasteiger partial charge in [-0.15, -0.1) is 0 Å². The number of aryl methyl sites for hydroxylation is 3. The van der Waals surface area contributed by atoms with E-state index in [0.717, 1.165) is 47.9 Å². The SMILES string of the molecule is CCn1c(C)nc2cc(C(=O)N(C)C[C@@]3(O)CCCN(c4cc(C)ncn4)C3)ccc21. The fourth-order valence-electron chi connectivity index (χ4n) is 4.57. The van der Waals surface area contributed by atoms with Gasteiger partial charge in [0.2, 0.25) is 0 Å². The van der Waals surface area contributed by atoms with Crippen molar-refractivity contribution in [2.75, 3.05) is 31.6 Å². The molecule has 2 aromatic heterocycles. The molecule has 3 heterocycles. The molecule has 1 N–H and O–H groups in total. The number of likely N-dealkylation sites (N-methyl/N-ethyl adjacent to an activating group) is 1. The summed E-state index contributed by atoms with van der Waals surface area (Å²) in [6, 6.07) is 7.56. The molecule has 1 saturated heterocycles. The number of imidazole rings is 1. The van der Waals surface area contributed by atoms with Gasteiger partial charge in [-0.1, -0.05) is 0 Å². The Balaban J connectivity index is 1.49. The van der Waals surface area contributed by atoms with Gasteiger partial charge in [0.25, 0.3) is 5.91 Å². The number of β-amino-alcohol motifs (C(OH)–C–C–N with tert-alkyl or cyclic N) is 1. The van der Waals surface area contributed by atoms with Crippen molar-refractivity contribution < 1.29 is 9.90 Å². The zero-order valence-corrected chi connectivity index (χ0v) is 18.7. The molecule has 1 fully saturated rings. The maximum atomic E-state index is 13.1. The standard InChI is InChI=1S/C23H30N6O2/c1-5-29-17(3)26-19-12-18(7-8-20(19)29)22(30)27(4)13-23(31)9-6-10-28(14-23)21-11-16(2)24-15-25-21/h7-8,11-12,15,31H,5-6,9-10,13-14H2,1-4H3/t23-/m0/s1. The molecular formula is C23H30N6O2. The van der Waals surface area contributed by atoms with Gasteiger partial charge in [0.1, 0.15) is 18.0 Å². The molecule has 0 aliphatic carbocycles. The number of hydrogen-bond acceptors (Lipinski definition) is 6. The van der Waals surface area contributed by atoms with E-state index in [1.807, 2.05) is 38.1 Å². The van der Waals surface area contributed by atoms with Crippen molar-refractivity contribution >= 4 is 22.8 Å². The smallest absolute Gasteiger partial charge is 0.253 e. The van der Waals surface area contributed by atoms with Gasteiger partial charge in [0.05, 0.1) is 23.2 Å². The van der Waals surface area contributed by atoms with E-state index >= 15 is 0 Å². The first-order chi connectivity index (χ1) is 14.8. The Morgan fingerprint density at radius 2 is 2.06 bits per heavy atom. The van der Waals surface area contributed by atoms with Crippen LogP contribution in [0.5, 0.6) is 0 Å². The van der Waals surface area contributed by atoms with Gasteiger partial charge >= 0.3 is 0 Å². The van der Waals surface area contributed by atoms with Gasteiger partial charge in [-0.25, -0.2) is 15.0 Å². The first-order valence-corrected chi connectivity index (χ1v) is 10.8. The lowest BCUT2D eigenvalue weighted by atomic mass is 9.92. The molecule has 0 saturated carbocycles. The number of anilines is 1. The van der Waals surface area contributed by atoms with Crippen LogP contribution in [0.2, 0.25) is 0 Å². The van der Waals surface area contributed by atoms with E-state index in [0.29, 0.717) is 18.5 Å². The van der Waals surface area contributed by atoms with Gasteiger partial charge in [0, 0.05) is 44.0 Å². The van der Waals surface area contributed by atoms with Crippen LogP contribution in [0.25, 0.3) is 11.0 Å². The summed E-state index contributed by atoms with van der Waals surface area (Å²) in [7, 11) is 1.74. The number of nitrogens with zero attached hydrogens (tertiary/aromatic N) is 6. The summed E-state index contributed by atoms with van der Waals surface area (Å²) in [6.07, 6.45) is 3.03. The third-order valence-corrected chi connectivity index (χ3v) is 6.05. The number of amides is 1. The first kappa shape index (κ1) is 21.2. The number of rotatable bonds is 5. The zero-order chi connectivity index (χ0) is 22.2. The lowest BCUT2D eigenvalue weighted by Gasteiger charge is -2.41. The van der Waals surface area contributed by atoms with Crippen LogP contribution in [0.4, 0.5) is 5.82 Å². The molecule has 31 heavy (non-hydrogen) atoms. The molecule has 0 unspecified atom stereocenters. The third kappa shape index (κ3) is 4.25. The van der Waals surface area contributed by atoms with Gasteiger partial charge in [-0.2, -0.15) is 0 Å². The molecule has 1 amide bonds. The van der Waals surface area contributed by atoms with Gasteiger partial charge < -0.3 is 19.5 Å². The molecule has 1 aliphatic heterocycles. The number of fused-ring (bicyclic) bond motifs is 1. The largest absolute Gasteiger partial charge is 0.386 e. The monoisotopic (exact) mass is 422 g/mol. The second-order valence-corrected chi connectivity index (χ2v) is 8.54. The van der Waals surface area contributed by atoms with Crippen molar-refractivity contribution in [1.82, 2.24) is 24.4 Å². The predicted molar refractivity (Wildman–Crippen MR) is 120 cm³/mol. The van der Waals surface area contributed by atoms with Gasteiger partial charge in [-0.05, 0) is 51.8 Å². The minimum atomic E-state index is -0.994.